The minimum atomic E-state index is 0.0160. The van der Waals surface area contributed by atoms with Crippen LogP contribution in [0.15, 0.2) is 59.7 Å². The Morgan fingerprint density at radius 2 is 1.81 bits per heavy atom. The van der Waals surface area contributed by atoms with E-state index in [1.165, 1.54) is 5.56 Å². The number of hydrogen-bond donors (Lipinski definition) is 2. The SMILES string of the molecule is CN=C(NCCc1nnc2ccccn12)NCC(C)(C)c1ccccc1. The molecule has 0 aliphatic carbocycles. The molecule has 1 aromatic carbocycles. The van der Waals surface area contributed by atoms with Crippen LogP contribution in [0.2, 0.25) is 0 Å². The summed E-state index contributed by atoms with van der Waals surface area (Å²) in [7, 11) is 1.79. The summed E-state index contributed by atoms with van der Waals surface area (Å²) in [4.78, 5) is 4.32. The fourth-order valence-corrected chi connectivity index (χ4v) is 2.87. The molecule has 0 bridgehead atoms. The monoisotopic (exact) mass is 350 g/mol. The number of hydrogen-bond acceptors (Lipinski definition) is 3. The van der Waals surface area contributed by atoms with Gasteiger partial charge in [0.1, 0.15) is 5.82 Å². The summed E-state index contributed by atoms with van der Waals surface area (Å²) in [6.45, 7) is 5.99. The van der Waals surface area contributed by atoms with Crippen molar-refractivity contribution >= 4 is 11.6 Å². The summed E-state index contributed by atoms with van der Waals surface area (Å²) in [6.07, 6.45) is 2.76. The number of aliphatic imine (C=N–C) groups is 1. The zero-order valence-electron chi connectivity index (χ0n) is 15.6. The van der Waals surface area contributed by atoms with Crippen molar-refractivity contribution < 1.29 is 0 Å². The van der Waals surface area contributed by atoms with Crippen molar-refractivity contribution in [3.63, 3.8) is 0 Å². The van der Waals surface area contributed by atoms with Crippen LogP contribution in [0.25, 0.3) is 5.65 Å². The van der Waals surface area contributed by atoms with Crippen molar-refractivity contribution in [2.75, 3.05) is 20.1 Å². The predicted molar refractivity (Wildman–Crippen MR) is 106 cm³/mol. The molecule has 136 valence electrons. The second-order valence-electron chi connectivity index (χ2n) is 6.90. The predicted octanol–water partition coefficient (Wildman–Crippen LogP) is 2.41. The lowest BCUT2D eigenvalue weighted by atomic mass is 9.85. The number of pyridine rings is 1. The zero-order chi connectivity index (χ0) is 18.4. The Morgan fingerprint density at radius 1 is 1.04 bits per heavy atom. The highest BCUT2D eigenvalue weighted by atomic mass is 15.2. The van der Waals surface area contributed by atoms with Gasteiger partial charge in [0.2, 0.25) is 0 Å². The van der Waals surface area contributed by atoms with Crippen molar-refractivity contribution in [2.24, 2.45) is 4.99 Å². The number of guanidine groups is 1. The minimum Gasteiger partial charge on any atom is -0.356 e. The Hall–Kier alpha value is -2.89. The number of nitrogens with one attached hydrogen (secondary N) is 2. The molecule has 2 heterocycles. The molecule has 0 aliphatic heterocycles. The molecule has 0 fully saturated rings. The lowest BCUT2D eigenvalue weighted by Gasteiger charge is -2.26. The number of benzene rings is 1. The molecule has 3 rings (SSSR count). The third-order valence-corrected chi connectivity index (χ3v) is 4.50. The molecule has 6 heteroatoms. The minimum absolute atomic E-state index is 0.0160. The maximum absolute atomic E-state index is 4.32. The van der Waals surface area contributed by atoms with E-state index in [1.807, 2.05) is 34.9 Å². The van der Waals surface area contributed by atoms with Gasteiger partial charge in [-0.05, 0) is 17.7 Å². The summed E-state index contributed by atoms with van der Waals surface area (Å²) in [5.74, 6) is 1.73. The summed E-state index contributed by atoms with van der Waals surface area (Å²) in [5, 5.41) is 15.2. The molecule has 0 spiro atoms. The van der Waals surface area contributed by atoms with Gasteiger partial charge in [0, 0.05) is 38.2 Å². The van der Waals surface area contributed by atoms with Gasteiger partial charge in [0.25, 0.3) is 0 Å². The van der Waals surface area contributed by atoms with Gasteiger partial charge < -0.3 is 10.6 Å². The Morgan fingerprint density at radius 3 is 2.58 bits per heavy atom. The summed E-state index contributed by atoms with van der Waals surface area (Å²) in [6, 6.07) is 16.4. The van der Waals surface area contributed by atoms with Gasteiger partial charge in [0.05, 0.1) is 0 Å². The van der Waals surface area contributed by atoms with E-state index in [0.717, 1.165) is 36.9 Å². The lowest BCUT2D eigenvalue weighted by Crippen LogP contribution is -2.44. The van der Waals surface area contributed by atoms with E-state index in [4.69, 9.17) is 0 Å². The first-order chi connectivity index (χ1) is 12.6. The van der Waals surface area contributed by atoms with Crippen LogP contribution in [-0.4, -0.2) is 40.7 Å². The Balaban J connectivity index is 1.52. The summed E-state index contributed by atoms with van der Waals surface area (Å²) < 4.78 is 2.01. The summed E-state index contributed by atoms with van der Waals surface area (Å²) in [5.41, 5.74) is 2.19. The molecular weight excluding hydrogens is 324 g/mol. The van der Waals surface area contributed by atoms with Crippen LogP contribution in [0.5, 0.6) is 0 Å². The van der Waals surface area contributed by atoms with Gasteiger partial charge in [0.15, 0.2) is 11.6 Å². The normalized spacial score (nSPS) is 12.3. The number of aromatic nitrogens is 3. The average molecular weight is 350 g/mol. The van der Waals surface area contributed by atoms with Crippen molar-refractivity contribution in [1.82, 2.24) is 25.2 Å². The number of rotatable bonds is 6. The zero-order valence-corrected chi connectivity index (χ0v) is 15.6. The molecule has 3 aromatic rings. The number of fused-ring (bicyclic) bond motifs is 1. The first-order valence-corrected chi connectivity index (χ1v) is 8.89. The molecule has 0 radical (unpaired) electrons. The van der Waals surface area contributed by atoms with E-state index in [-0.39, 0.29) is 5.41 Å². The maximum atomic E-state index is 4.32. The quantitative estimate of drug-likeness (QED) is 0.529. The molecule has 0 saturated carbocycles. The molecular formula is C20H26N6. The van der Waals surface area contributed by atoms with Crippen LogP contribution in [0.4, 0.5) is 0 Å². The number of nitrogens with zero attached hydrogens (tertiary/aromatic N) is 4. The molecule has 6 nitrogen and oxygen atoms in total. The standard InChI is InChI=1S/C20H26N6/c1-20(2,16-9-5-4-6-10-16)15-23-19(21-3)22-13-12-18-25-24-17-11-7-8-14-26(17)18/h4-11,14H,12-13,15H2,1-3H3,(H2,21,22,23). The highest BCUT2D eigenvalue weighted by Gasteiger charge is 2.20. The highest BCUT2D eigenvalue weighted by Crippen LogP contribution is 2.21. The molecule has 0 unspecified atom stereocenters. The van der Waals surface area contributed by atoms with Gasteiger partial charge in [-0.3, -0.25) is 9.39 Å². The highest BCUT2D eigenvalue weighted by molar-refractivity contribution is 5.79. The first kappa shape index (κ1) is 17.9. The Kier molecular flexibility index (Phi) is 5.51. The van der Waals surface area contributed by atoms with Crippen LogP contribution < -0.4 is 10.6 Å². The van der Waals surface area contributed by atoms with E-state index in [1.54, 1.807) is 7.05 Å². The van der Waals surface area contributed by atoms with Crippen molar-refractivity contribution in [3.05, 3.63) is 66.1 Å². The van der Waals surface area contributed by atoms with E-state index in [2.05, 4.69) is 63.9 Å². The van der Waals surface area contributed by atoms with Gasteiger partial charge >= 0.3 is 0 Å². The molecule has 0 aliphatic rings. The van der Waals surface area contributed by atoms with Crippen LogP contribution in [0, 0.1) is 0 Å². The van der Waals surface area contributed by atoms with Gasteiger partial charge in [-0.2, -0.15) is 0 Å². The first-order valence-electron chi connectivity index (χ1n) is 8.89. The second-order valence-corrected chi connectivity index (χ2v) is 6.90. The summed E-state index contributed by atoms with van der Waals surface area (Å²) >= 11 is 0. The molecule has 2 aromatic heterocycles. The van der Waals surface area contributed by atoms with Crippen LogP contribution >= 0.6 is 0 Å². The Bertz CT molecular complexity index is 866. The third-order valence-electron chi connectivity index (χ3n) is 4.50. The topological polar surface area (TPSA) is 66.6 Å². The fourth-order valence-electron chi connectivity index (χ4n) is 2.87. The fraction of sp³-hybridized carbons (Fsp3) is 0.350. The Labute approximate surface area is 154 Å². The van der Waals surface area contributed by atoms with Crippen molar-refractivity contribution in [3.8, 4) is 0 Å². The lowest BCUT2D eigenvalue weighted by molar-refractivity contribution is 0.508. The van der Waals surface area contributed by atoms with E-state index in [9.17, 15) is 0 Å². The molecule has 2 N–H and O–H groups in total. The molecule has 26 heavy (non-hydrogen) atoms. The van der Waals surface area contributed by atoms with Crippen LogP contribution in [-0.2, 0) is 11.8 Å². The van der Waals surface area contributed by atoms with Gasteiger partial charge in [-0.25, -0.2) is 0 Å². The average Bonchev–Trinajstić information content (AvgIpc) is 3.08. The van der Waals surface area contributed by atoms with E-state index in [0.29, 0.717) is 0 Å². The largest absolute Gasteiger partial charge is 0.356 e. The van der Waals surface area contributed by atoms with Crippen LogP contribution in [0.3, 0.4) is 0 Å². The molecule has 0 atom stereocenters. The second kappa shape index (κ2) is 7.99. The maximum Gasteiger partial charge on any atom is 0.191 e. The van der Waals surface area contributed by atoms with Crippen LogP contribution in [0.1, 0.15) is 25.2 Å². The van der Waals surface area contributed by atoms with Crippen molar-refractivity contribution in [1.29, 1.82) is 0 Å². The van der Waals surface area contributed by atoms with Crippen molar-refractivity contribution in [2.45, 2.75) is 25.7 Å². The molecule has 0 saturated heterocycles. The van der Waals surface area contributed by atoms with Gasteiger partial charge in [-0.15, -0.1) is 10.2 Å². The van der Waals surface area contributed by atoms with E-state index >= 15 is 0 Å². The third kappa shape index (κ3) is 4.20. The molecule has 0 amide bonds. The smallest absolute Gasteiger partial charge is 0.191 e. The van der Waals surface area contributed by atoms with Gasteiger partial charge in [-0.1, -0.05) is 50.2 Å². The van der Waals surface area contributed by atoms with E-state index < -0.39 is 0 Å².